The molecule has 0 spiro atoms. The fourth-order valence-electron chi connectivity index (χ4n) is 4.88. The first-order valence-corrected chi connectivity index (χ1v) is 10.3. The second-order valence-electron chi connectivity index (χ2n) is 7.98. The minimum absolute atomic E-state index is 0.0318. The Morgan fingerprint density at radius 3 is 2.66 bits per heavy atom. The summed E-state index contributed by atoms with van der Waals surface area (Å²) < 4.78 is 1.52. The minimum Gasteiger partial charge on any atom is -0.381 e. The molecule has 2 aromatic heterocycles. The van der Waals surface area contributed by atoms with Gasteiger partial charge >= 0.3 is 0 Å². The Bertz CT molecular complexity index is 1140. The number of nitrogens with one attached hydrogen (secondary N) is 2. The summed E-state index contributed by atoms with van der Waals surface area (Å²) in [7, 11) is 1.73. The van der Waals surface area contributed by atoms with E-state index in [0.29, 0.717) is 10.7 Å². The average molecular weight is 412 g/mol. The van der Waals surface area contributed by atoms with Gasteiger partial charge in [0.2, 0.25) is 5.56 Å². The van der Waals surface area contributed by atoms with Gasteiger partial charge in [-0.25, -0.2) is 0 Å². The number of benzene rings is 1. The summed E-state index contributed by atoms with van der Waals surface area (Å²) in [5.41, 5.74) is 2.03. The first-order chi connectivity index (χ1) is 14.0. The Hall–Kier alpha value is -2.80. The predicted octanol–water partition coefficient (Wildman–Crippen LogP) is 3.16. The molecule has 29 heavy (non-hydrogen) atoms. The summed E-state index contributed by atoms with van der Waals surface area (Å²) in [6, 6.07) is 9.97. The SMILES string of the molecule is Cn1ncc(C(=O)N2[C@@H]3CC[C@H]2CC(Nc2cc(=O)[nH]c4ccccc24)C3)c1Cl. The van der Waals surface area contributed by atoms with Crippen LogP contribution in [0.5, 0.6) is 0 Å². The molecular weight excluding hydrogens is 390 g/mol. The molecule has 7 nitrogen and oxygen atoms in total. The highest BCUT2D eigenvalue weighted by Crippen LogP contribution is 2.38. The molecule has 5 rings (SSSR count). The molecule has 1 amide bonds. The molecule has 8 heteroatoms. The van der Waals surface area contributed by atoms with Gasteiger partial charge in [0, 0.05) is 42.3 Å². The van der Waals surface area contributed by atoms with E-state index in [0.717, 1.165) is 42.3 Å². The molecule has 2 aliphatic heterocycles. The number of piperidine rings is 1. The van der Waals surface area contributed by atoms with Crippen LogP contribution in [0.1, 0.15) is 36.0 Å². The van der Waals surface area contributed by atoms with E-state index in [2.05, 4.69) is 15.4 Å². The van der Waals surface area contributed by atoms with Crippen molar-refractivity contribution >= 4 is 34.1 Å². The van der Waals surface area contributed by atoms with Crippen LogP contribution in [0.3, 0.4) is 0 Å². The molecule has 0 aliphatic carbocycles. The first-order valence-electron chi connectivity index (χ1n) is 9.90. The predicted molar refractivity (Wildman–Crippen MR) is 112 cm³/mol. The van der Waals surface area contributed by atoms with E-state index < -0.39 is 0 Å². The Morgan fingerprint density at radius 1 is 1.24 bits per heavy atom. The molecule has 0 saturated carbocycles. The molecule has 1 unspecified atom stereocenters. The van der Waals surface area contributed by atoms with Gasteiger partial charge in [0.25, 0.3) is 5.91 Å². The van der Waals surface area contributed by atoms with E-state index >= 15 is 0 Å². The van der Waals surface area contributed by atoms with Crippen molar-refractivity contribution in [3.63, 3.8) is 0 Å². The molecule has 2 fully saturated rings. The number of aryl methyl sites for hydroxylation is 1. The van der Waals surface area contributed by atoms with Crippen molar-refractivity contribution in [3.05, 3.63) is 57.6 Å². The van der Waals surface area contributed by atoms with Crippen LogP contribution in [0.15, 0.2) is 41.3 Å². The summed E-state index contributed by atoms with van der Waals surface area (Å²) in [4.78, 5) is 30.0. The number of pyridine rings is 1. The van der Waals surface area contributed by atoms with Crippen molar-refractivity contribution in [2.24, 2.45) is 7.05 Å². The summed E-state index contributed by atoms with van der Waals surface area (Å²) in [6.45, 7) is 0. The number of carbonyl (C=O) groups is 1. The van der Waals surface area contributed by atoms with Gasteiger partial charge in [-0.15, -0.1) is 0 Å². The molecule has 2 saturated heterocycles. The van der Waals surface area contributed by atoms with Crippen LogP contribution in [0.2, 0.25) is 5.15 Å². The zero-order chi connectivity index (χ0) is 20.1. The third-order valence-electron chi connectivity index (χ3n) is 6.17. The molecule has 4 heterocycles. The van der Waals surface area contributed by atoms with Gasteiger partial charge in [-0.2, -0.15) is 5.10 Å². The van der Waals surface area contributed by atoms with Crippen LogP contribution < -0.4 is 10.9 Å². The third kappa shape index (κ3) is 3.09. The van der Waals surface area contributed by atoms with Crippen LogP contribution in [0.4, 0.5) is 5.69 Å². The fraction of sp³-hybridized carbons (Fsp3) is 0.381. The number of halogens is 1. The number of aromatic amines is 1. The molecule has 3 aromatic rings. The fourth-order valence-corrected chi connectivity index (χ4v) is 5.05. The maximum absolute atomic E-state index is 13.1. The molecule has 2 N–H and O–H groups in total. The highest BCUT2D eigenvalue weighted by molar-refractivity contribution is 6.32. The van der Waals surface area contributed by atoms with Crippen molar-refractivity contribution in [1.82, 2.24) is 19.7 Å². The maximum Gasteiger partial charge on any atom is 0.259 e. The summed E-state index contributed by atoms with van der Waals surface area (Å²) >= 11 is 6.25. The Kier molecular flexibility index (Phi) is 4.35. The van der Waals surface area contributed by atoms with E-state index in [4.69, 9.17) is 11.6 Å². The standard InChI is InChI=1S/C21H22ClN5O2/c1-26-20(22)16(11-23-26)21(29)27-13-6-7-14(27)9-12(8-13)24-18-10-19(28)25-17-5-3-2-4-15(17)18/h2-5,10-14H,6-9H2,1H3,(H2,24,25,28)/t12?,13-,14+. The van der Waals surface area contributed by atoms with Crippen LogP contribution >= 0.6 is 11.6 Å². The molecular formula is C21H22ClN5O2. The zero-order valence-corrected chi connectivity index (χ0v) is 16.8. The highest BCUT2D eigenvalue weighted by atomic mass is 35.5. The summed E-state index contributed by atoms with van der Waals surface area (Å²) in [6.07, 6.45) is 5.23. The van der Waals surface area contributed by atoms with Gasteiger partial charge in [-0.05, 0) is 31.7 Å². The maximum atomic E-state index is 13.1. The van der Waals surface area contributed by atoms with Gasteiger partial charge in [-0.1, -0.05) is 29.8 Å². The largest absolute Gasteiger partial charge is 0.381 e. The van der Waals surface area contributed by atoms with E-state index in [1.54, 1.807) is 19.3 Å². The lowest BCUT2D eigenvalue weighted by molar-refractivity contribution is 0.0583. The minimum atomic E-state index is -0.118. The van der Waals surface area contributed by atoms with E-state index in [1.165, 1.54) is 4.68 Å². The number of nitrogens with zero attached hydrogens (tertiary/aromatic N) is 3. The highest BCUT2D eigenvalue weighted by Gasteiger charge is 2.44. The number of para-hydroxylation sites is 1. The molecule has 2 aliphatic rings. The number of H-pyrrole nitrogens is 1. The normalized spacial score (nSPS) is 23.5. The van der Waals surface area contributed by atoms with Crippen LogP contribution in [0, 0.1) is 0 Å². The second kappa shape index (κ2) is 6.91. The van der Waals surface area contributed by atoms with Crippen molar-refractivity contribution in [2.75, 3.05) is 5.32 Å². The summed E-state index contributed by atoms with van der Waals surface area (Å²) in [5.74, 6) is -0.0318. The third-order valence-corrected chi connectivity index (χ3v) is 6.62. The Morgan fingerprint density at radius 2 is 1.97 bits per heavy atom. The quantitative estimate of drug-likeness (QED) is 0.693. The summed E-state index contributed by atoms with van der Waals surface area (Å²) in [5, 5.41) is 9.06. The van der Waals surface area contributed by atoms with E-state index in [-0.39, 0.29) is 29.6 Å². The van der Waals surface area contributed by atoms with Crippen molar-refractivity contribution in [2.45, 2.75) is 43.8 Å². The van der Waals surface area contributed by atoms with Gasteiger partial charge < -0.3 is 15.2 Å². The lowest BCUT2D eigenvalue weighted by Crippen LogP contribution is -2.49. The van der Waals surface area contributed by atoms with Crippen molar-refractivity contribution < 1.29 is 4.79 Å². The van der Waals surface area contributed by atoms with Gasteiger partial charge in [-0.3, -0.25) is 14.3 Å². The van der Waals surface area contributed by atoms with Crippen LogP contribution in [-0.4, -0.2) is 43.7 Å². The molecule has 3 atom stereocenters. The molecule has 1 aromatic carbocycles. The first kappa shape index (κ1) is 18.2. The second-order valence-corrected chi connectivity index (χ2v) is 8.33. The number of rotatable bonds is 3. The van der Waals surface area contributed by atoms with Gasteiger partial charge in [0.1, 0.15) is 5.15 Å². The van der Waals surface area contributed by atoms with Crippen molar-refractivity contribution in [1.29, 1.82) is 0 Å². The monoisotopic (exact) mass is 411 g/mol. The smallest absolute Gasteiger partial charge is 0.259 e. The number of aromatic nitrogens is 3. The molecule has 2 bridgehead atoms. The molecule has 150 valence electrons. The number of amides is 1. The van der Waals surface area contributed by atoms with E-state index in [9.17, 15) is 9.59 Å². The zero-order valence-electron chi connectivity index (χ0n) is 16.1. The topological polar surface area (TPSA) is 83.0 Å². The van der Waals surface area contributed by atoms with Gasteiger partial charge in [0.15, 0.2) is 0 Å². The Balaban J connectivity index is 1.38. The van der Waals surface area contributed by atoms with E-state index in [1.807, 2.05) is 29.2 Å². The van der Waals surface area contributed by atoms with Crippen LogP contribution in [0.25, 0.3) is 10.9 Å². The lowest BCUT2D eigenvalue weighted by Gasteiger charge is -2.39. The van der Waals surface area contributed by atoms with Crippen LogP contribution in [-0.2, 0) is 7.05 Å². The number of anilines is 1. The van der Waals surface area contributed by atoms with Crippen molar-refractivity contribution in [3.8, 4) is 0 Å². The Labute approximate surface area is 172 Å². The number of hydrogen-bond acceptors (Lipinski definition) is 4. The number of hydrogen-bond donors (Lipinski definition) is 2. The average Bonchev–Trinajstić information content (AvgIpc) is 3.17. The number of fused-ring (bicyclic) bond motifs is 3. The number of carbonyl (C=O) groups excluding carboxylic acids is 1. The molecule has 0 radical (unpaired) electrons. The lowest BCUT2D eigenvalue weighted by atomic mass is 9.96. The van der Waals surface area contributed by atoms with Gasteiger partial charge in [0.05, 0.1) is 17.3 Å².